The molecule has 0 saturated heterocycles. The van der Waals surface area contributed by atoms with Gasteiger partial charge in [0.1, 0.15) is 11.4 Å². The molecule has 0 radical (unpaired) electrons. The quantitative estimate of drug-likeness (QED) is 0.237. The number of anilines is 3. The largest absolute Gasteiger partial charge is 0.490 e. The molecule has 1 amide bonds. The first-order valence-corrected chi connectivity index (χ1v) is 11.8. The molecule has 41 heavy (non-hydrogen) atoms. The highest BCUT2D eigenvalue weighted by molar-refractivity contribution is 6.29. The molecule has 0 saturated carbocycles. The Labute approximate surface area is 232 Å². The maximum absolute atomic E-state index is 13.2. The maximum atomic E-state index is 13.2. The van der Waals surface area contributed by atoms with E-state index in [4.69, 9.17) is 21.5 Å². The van der Waals surface area contributed by atoms with E-state index >= 15 is 0 Å². The lowest BCUT2D eigenvalue weighted by Gasteiger charge is -2.11. The monoisotopic (exact) mass is 588 g/mol. The second kappa shape index (κ2) is 11.9. The van der Waals surface area contributed by atoms with Gasteiger partial charge in [0.2, 0.25) is 0 Å². The number of imidazole rings is 1. The number of benzene rings is 2. The van der Waals surface area contributed by atoms with Crippen LogP contribution in [0.2, 0.25) is 5.15 Å². The molecule has 0 bridgehead atoms. The molecule has 210 valence electrons. The summed E-state index contributed by atoms with van der Waals surface area (Å²) in [5.41, 5.74) is 2.44. The lowest BCUT2D eigenvalue weighted by molar-refractivity contribution is -0.192. The Morgan fingerprint density at radius 3 is 2.22 bits per heavy atom. The molecular weight excluding hydrogens is 572 g/mol. The molecule has 0 aliphatic carbocycles. The number of fused-ring (bicyclic) bond motifs is 1. The van der Waals surface area contributed by atoms with Crippen LogP contribution < -0.4 is 16.2 Å². The lowest BCUT2D eigenvalue weighted by Crippen LogP contribution is -2.27. The van der Waals surface area contributed by atoms with Gasteiger partial charge in [-0.1, -0.05) is 11.6 Å². The minimum atomic E-state index is -5.08. The summed E-state index contributed by atoms with van der Waals surface area (Å²) >= 11 is 6.07. The minimum Gasteiger partial charge on any atom is -0.475 e. The number of carboxylic acids is 1. The summed E-state index contributed by atoms with van der Waals surface area (Å²) in [7, 11) is 0. The van der Waals surface area contributed by atoms with Gasteiger partial charge in [-0.2, -0.15) is 18.3 Å². The van der Waals surface area contributed by atoms with Crippen molar-refractivity contribution in [2.45, 2.75) is 6.18 Å². The van der Waals surface area contributed by atoms with Crippen molar-refractivity contribution in [1.29, 1.82) is 0 Å². The van der Waals surface area contributed by atoms with Crippen molar-refractivity contribution >= 4 is 46.2 Å². The number of rotatable bonds is 5. The molecule has 15 heteroatoms. The van der Waals surface area contributed by atoms with Crippen molar-refractivity contribution in [3.8, 4) is 5.69 Å². The second-order valence-electron chi connectivity index (χ2n) is 8.11. The van der Waals surface area contributed by atoms with Gasteiger partial charge in [-0.15, -0.1) is 0 Å². The van der Waals surface area contributed by atoms with Crippen LogP contribution >= 0.6 is 11.6 Å². The average molecular weight is 589 g/mol. The molecule has 2 aromatic carbocycles. The van der Waals surface area contributed by atoms with E-state index in [9.17, 15) is 27.2 Å². The molecule has 0 atom stereocenters. The van der Waals surface area contributed by atoms with Crippen molar-refractivity contribution in [1.82, 2.24) is 19.2 Å². The van der Waals surface area contributed by atoms with Crippen LogP contribution in [0.3, 0.4) is 0 Å². The molecule has 3 aromatic heterocycles. The predicted molar refractivity (Wildman–Crippen MR) is 141 cm³/mol. The fraction of sp³-hybridized carbons (Fsp3) is 0.0385. The van der Waals surface area contributed by atoms with Gasteiger partial charge in [-0.25, -0.2) is 18.7 Å². The van der Waals surface area contributed by atoms with E-state index in [0.29, 0.717) is 27.9 Å². The Kier molecular flexibility index (Phi) is 8.33. The van der Waals surface area contributed by atoms with Crippen LogP contribution in [0.4, 0.5) is 34.6 Å². The van der Waals surface area contributed by atoms with Crippen LogP contribution in [0.25, 0.3) is 11.3 Å². The molecule has 3 heterocycles. The zero-order valence-corrected chi connectivity index (χ0v) is 21.2. The number of nitrogens with one attached hydrogen (secondary N) is 2. The third kappa shape index (κ3) is 7.05. The van der Waals surface area contributed by atoms with Crippen LogP contribution in [0.5, 0.6) is 0 Å². The zero-order valence-electron chi connectivity index (χ0n) is 20.4. The Balaban J connectivity index is 0.000000493. The summed E-state index contributed by atoms with van der Waals surface area (Å²) in [5.74, 6) is -3.72. The first-order valence-electron chi connectivity index (χ1n) is 11.4. The third-order valence-electron chi connectivity index (χ3n) is 5.29. The van der Waals surface area contributed by atoms with Gasteiger partial charge in [-0.05, 0) is 60.7 Å². The predicted octanol–water partition coefficient (Wildman–Crippen LogP) is 5.30. The van der Waals surface area contributed by atoms with Gasteiger partial charge >= 0.3 is 12.1 Å². The van der Waals surface area contributed by atoms with E-state index in [-0.39, 0.29) is 5.56 Å². The van der Waals surface area contributed by atoms with Crippen LogP contribution in [0.15, 0.2) is 90.1 Å². The number of hydrogen-bond donors (Lipinski definition) is 3. The van der Waals surface area contributed by atoms with E-state index in [1.165, 1.54) is 41.1 Å². The summed E-state index contributed by atoms with van der Waals surface area (Å²) in [6, 6.07) is 17.1. The van der Waals surface area contributed by atoms with E-state index in [1.807, 2.05) is 0 Å². The zero-order chi connectivity index (χ0) is 29.7. The fourth-order valence-corrected chi connectivity index (χ4v) is 3.63. The van der Waals surface area contributed by atoms with Gasteiger partial charge in [0.05, 0.1) is 5.69 Å². The Hall–Kier alpha value is -5.24. The van der Waals surface area contributed by atoms with E-state index < -0.39 is 29.4 Å². The third-order valence-corrected chi connectivity index (χ3v) is 5.47. The minimum absolute atomic E-state index is 0.0397. The number of halogens is 5. The molecule has 0 spiro atoms. The van der Waals surface area contributed by atoms with Gasteiger partial charge in [0.15, 0.2) is 10.8 Å². The topological polar surface area (TPSA) is 131 Å². The van der Waals surface area contributed by atoms with Crippen molar-refractivity contribution in [3.63, 3.8) is 0 Å². The van der Waals surface area contributed by atoms with Crippen molar-refractivity contribution in [2.75, 3.05) is 10.6 Å². The number of hydrogen-bond acceptors (Lipinski definition) is 6. The first kappa shape index (κ1) is 28.8. The van der Waals surface area contributed by atoms with Crippen LogP contribution in [0.1, 0.15) is 10.4 Å². The Morgan fingerprint density at radius 2 is 1.59 bits per heavy atom. The number of aromatic nitrogens is 4. The highest BCUT2D eigenvalue weighted by atomic mass is 35.5. The molecule has 5 aromatic rings. The second-order valence-corrected chi connectivity index (χ2v) is 8.50. The highest BCUT2D eigenvalue weighted by Crippen LogP contribution is 2.24. The summed E-state index contributed by atoms with van der Waals surface area (Å²) in [5, 5.41) is 17.5. The number of pyridine rings is 1. The number of carbonyl (C=O) groups excluding carboxylic acids is 1. The number of carboxylic acid groups (broad SMARTS) is 1. The number of nitrogens with zero attached hydrogens (tertiary/aromatic N) is 4. The highest BCUT2D eigenvalue weighted by Gasteiger charge is 2.38. The van der Waals surface area contributed by atoms with Gasteiger partial charge in [0, 0.05) is 41.7 Å². The SMILES string of the molecule is O=C(Nc1ccc(Nc2cc(Cl)nn3ccnc23)cc1)c1cccn(-c2ccc(F)cc2)c1=O.O=C(O)C(F)(F)F. The molecule has 5 rings (SSSR count). The van der Waals surface area contributed by atoms with Crippen molar-refractivity contribution in [2.24, 2.45) is 0 Å². The van der Waals surface area contributed by atoms with Crippen LogP contribution in [-0.2, 0) is 4.79 Å². The number of carbonyl (C=O) groups is 2. The normalized spacial score (nSPS) is 11.0. The van der Waals surface area contributed by atoms with E-state index in [2.05, 4.69) is 20.7 Å². The molecule has 0 fully saturated rings. The molecule has 0 aliphatic heterocycles. The van der Waals surface area contributed by atoms with E-state index in [0.717, 1.165) is 5.69 Å². The summed E-state index contributed by atoms with van der Waals surface area (Å²) in [6.07, 6.45) is -0.246. The fourth-order valence-electron chi connectivity index (χ4n) is 3.44. The number of amides is 1. The van der Waals surface area contributed by atoms with Crippen molar-refractivity contribution < 1.29 is 32.3 Å². The summed E-state index contributed by atoms with van der Waals surface area (Å²) < 4.78 is 47.8. The van der Waals surface area contributed by atoms with Crippen LogP contribution in [-0.4, -0.2) is 42.3 Å². The summed E-state index contributed by atoms with van der Waals surface area (Å²) in [4.78, 5) is 38.8. The first-order chi connectivity index (χ1) is 19.4. The lowest BCUT2D eigenvalue weighted by atomic mass is 10.2. The molecule has 0 aliphatic rings. The molecular formula is C26H17ClF4N6O4. The average Bonchev–Trinajstić information content (AvgIpc) is 3.39. The Bertz CT molecular complexity index is 1770. The van der Waals surface area contributed by atoms with Gasteiger partial charge < -0.3 is 15.7 Å². The van der Waals surface area contributed by atoms with E-state index in [1.54, 1.807) is 53.3 Å². The standard InChI is InChI=1S/C24H16ClFN6O2.C2HF3O2/c25-21-14-20(22-27-11-13-32(22)30-21)28-16-5-7-17(8-6-16)29-23(33)19-2-1-12-31(24(19)34)18-9-3-15(26)4-10-18;3-2(4,5)1(6)7/h1-14,28H,(H,29,33);(H,6,7). The molecule has 0 unspecified atom stereocenters. The van der Waals surface area contributed by atoms with Crippen molar-refractivity contribution in [3.05, 3.63) is 112 Å². The molecule has 10 nitrogen and oxygen atoms in total. The number of aliphatic carboxylic acids is 1. The number of alkyl halides is 3. The summed E-state index contributed by atoms with van der Waals surface area (Å²) in [6.45, 7) is 0. The van der Waals surface area contributed by atoms with Crippen LogP contribution in [0, 0.1) is 5.82 Å². The molecule has 3 N–H and O–H groups in total. The smallest absolute Gasteiger partial charge is 0.475 e. The van der Waals surface area contributed by atoms with Gasteiger partial charge in [-0.3, -0.25) is 14.2 Å². The van der Waals surface area contributed by atoms with Gasteiger partial charge in [0.25, 0.3) is 11.5 Å². The Morgan fingerprint density at radius 1 is 0.951 bits per heavy atom. The maximum Gasteiger partial charge on any atom is 0.490 e.